The maximum Gasteiger partial charge on any atom is 0.181 e. The largest absolute Gasteiger partial charge is 0.255 e. The Labute approximate surface area is 101 Å². The Morgan fingerprint density at radius 1 is 1.35 bits per heavy atom. The quantitative estimate of drug-likeness (QED) is 0.789. The maximum absolute atomic E-state index is 4.41. The number of nitrogens with zero attached hydrogens (tertiary/aromatic N) is 3. The van der Waals surface area contributed by atoms with Crippen molar-refractivity contribution in [2.24, 2.45) is 13.0 Å². The highest BCUT2D eigenvalue weighted by Gasteiger charge is 2.49. The summed E-state index contributed by atoms with van der Waals surface area (Å²) in [6.45, 7) is 4.64. The van der Waals surface area contributed by atoms with Gasteiger partial charge >= 0.3 is 0 Å². The van der Waals surface area contributed by atoms with E-state index in [0.717, 1.165) is 11.7 Å². The highest BCUT2D eigenvalue weighted by Crippen LogP contribution is 2.55. The molecule has 2 aromatic rings. The lowest BCUT2D eigenvalue weighted by Gasteiger charge is -2.14. The second-order valence-electron chi connectivity index (χ2n) is 5.31. The van der Waals surface area contributed by atoms with Crippen molar-refractivity contribution in [3.8, 4) is 11.4 Å². The minimum atomic E-state index is 0.315. The lowest BCUT2D eigenvalue weighted by Crippen LogP contribution is -2.05. The Morgan fingerprint density at radius 3 is 2.65 bits per heavy atom. The average molecular weight is 227 g/mol. The molecule has 1 aromatic heterocycles. The number of rotatable bonds is 2. The molecular weight excluding hydrogens is 210 g/mol. The fraction of sp³-hybridized carbons (Fsp3) is 0.429. The third-order valence-corrected chi connectivity index (χ3v) is 4.04. The molecule has 3 nitrogen and oxygen atoms in total. The molecule has 1 fully saturated rings. The van der Waals surface area contributed by atoms with Crippen LogP contribution in [-0.2, 0) is 12.5 Å². The lowest BCUT2D eigenvalue weighted by molar-refractivity contribution is 0.702. The van der Waals surface area contributed by atoms with Gasteiger partial charge in [0.25, 0.3) is 0 Å². The summed E-state index contributed by atoms with van der Waals surface area (Å²) in [5.41, 5.74) is 2.88. The van der Waals surface area contributed by atoms with Crippen molar-refractivity contribution < 1.29 is 0 Å². The van der Waals surface area contributed by atoms with Gasteiger partial charge in [-0.25, -0.2) is 4.98 Å². The predicted molar refractivity (Wildman–Crippen MR) is 67.6 cm³/mol. The van der Waals surface area contributed by atoms with E-state index in [1.54, 1.807) is 11.0 Å². The molecule has 3 heteroatoms. The van der Waals surface area contributed by atoms with Gasteiger partial charge in [-0.15, -0.1) is 0 Å². The Balaban J connectivity index is 2.12. The van der Waals surface area contributed by atoms with Crippen LogP contribution in [0, 0.1) is 5.92 Å². The van der Waals surface area contributed by atoms with Crippen LogP contribution in [0.25, 0.3) is 11.4 Å². The van der Waals surface area contributed by atoms with Crippen molar-refractivity contribution in [1.29, 1.82) is 0 Å². The van der Waals surface area contributed by atoms with Crippen LogP contribution in [0.3, 0.4) is 0 Å². The fourth-order valence-electron chi connectivity index (χ4n) is 2.59. The summed E-state index contributed by atoms with van der Waals surface area (Å²) in [6, 6.07) is 8.51. The molecule has 3 rings (SSSR count). The number of aromatic nitrogens is 3. The summed E-state index contributed by atoms with van der Waals surface area (Å²) < 4.78 is 1.75. The first kappa shape index (κ1) is 10.5. The van der Waals surface area contributed by atoms with E-state index in [4.69, 9.17) is 0 Å². The molecule has 0 amide bonds. The predicted octanol–water partition coefficient (Wildman–Crippen LogP) is 2.78. The van der Waals surface area contributed by atoms with Crippen LogP contribution < -0.4 is 0 Å². The molecule has 1 aliphatic carbocycles. The zero-order valence-corrected chi connectivity index (χ0v) is 10.5. The van der Waals surface area contributed by atoms with Crippen molar-refractivity contribution in [3.05, 3.63) is 36.2 Å². The third-order valence-electron chi connectivity index (χ3n) is 4.04. The van der Waals surface area contributed by atoms with Gasteiger partial charge < -0.3 is 0 Å². The van der Waals surface area contributed by atoms with Gasteiger partial charge in [0.1, 0.15) is 6.33 Å². The molecule has 0 bridgehead atoms. The Bertz CT molecular complexity index is 558. The molecule has 0 radical (unpaired) electrons. The molecule has 0 spiro atoms. The highest BCUT2D eigenvalue weighted by atomic mass is 15.3. The first-order valence-corrected chi connectivity index (χ1v) is 6.07. The van der Waals surface area contributed by atoms with Gasteiger partial charge in [0.05, 0.1) is 0 Å². The average Bonchev–Trinajstić information content (AvgIpc) is 2.75. The highest BCUT2D eigenvalue weighted by molar-refractivity contribution is 5.63. The Hall–Kier alpha value is -1.64. The van der Waals surface area contributed by atoms with Crippen molar-refractivity contribution in [2.45, 2.75) is 25.7 Å². The van der Waals surface area contributed by atoms with Crippen LogP contribution in [0.15, 0.2) is 30.6 Å². The number of hydrogen-bond acceptors (Lipinski definition) is 2. The van der Waals surface area contributed by atoms with Crippen molar-refractivity contribution in [3.63, 3.8) is 0 Å². The number of aryl methyl sites for hydroxylation is 1. The van der Waals surface area contributed by atoms with E-state index in [0.29, 0.717) is 5.41 Å². The smallest absolute Gasteiger partial charge is 0.181 e. The van der Waals surface area contributed by atoms with E-state index in [2.05, 4.69) is 48.2 Å². The Morgan fingerprint density at radius 2 is 2.06 bits per heavy atom. The van der Waals surface area contributed by atoms with E-state index in [9.17, 15) is 0 Å². The first-order chi connectivity index (χ1) is 8.11. The van der Waals surface area contributed by atoms with E-state index >= 15 is 0 Å². The standard InChI is InChI=1S/C14H17N3/c1-10-8-14(10,2)12-7-5-4-6-11(12)13-15-9-17(3)16-13/h4-7,9-10H,8H2,1-3H3. The molecule has 2 unspecified atom stereocenters. The van der Waals surface area contributed by atoms with Crippen LogP contribution in [0.4, 0.5) is 0 Å². The monoisotopic (exact) mass is 227 g/mol. The van der Waals surface area contributed by atoms with Gasteiger partial charge in [-0.2, -0.15) is 5.10 Å². The number of benzene rings is 1. The fourth-order valence-corrected chi connectivity index (χ4v) is 2.59. The van der Waals surface area contributed by atoms with Crippen LogP contribution >= 0.6 is 0 Å². The van der Waals surface area contributed by atoms with E-state index < -0.39 is 0 Å². The SMILES string of the molecule is CC1CC1(C)c1ccccc1-c1ncn(C)n1. The van der Waals surface area contributed by atoms with E-state index in [1.807, 2.05) is 7.05 Å². The van der Waals surface area contributed by atoms with Gasteiger partial charge in [-0.3, -0.25) is 4.68 Å². The van der Waals surface area contributed by atoms with Crippen LogP contribution in [-0.4, -0.2) is 14.8 Å². The normalized spacial score (nSPS) is 27.1. The molecule has 0 saturated heterocycles. The topological polar surface area (TPSA) is 30.7 Å². The molecule has 1 saturated carbocycles. The maximum atomic E-state index is 4.41. The lowest BCUT2D eigenvalue weighted by atomic mass is 9.91. The molecular formula is C14H17N3. The van der Waals surface area contributed by atoms with Gasteiger partial charge in [-0.05, 0) is 23.3 Å². The second-order valence-corrected chi connectivity index (χ2v) is 5.31. The summed E-state index contributed by atoms with van der Waals surface area (Å²) >= 11 is 0. The summed E-state index contributed by atoms with van der Waals surface area (Å²) in [4.78, 5) is 4.36. The first-order valence-electron chi connectivity index (χ1n) is 6.07. The zero-order chi connectivity index (χ0) is 12.0. The third kappa shape index (κ3) is 1.57. The van der Waals surface area contributed by atoms with Gasteiger partial charge in [0.2, 0.25) is 0 Å². The molecule has 0 N–H and O–H groups in total. The van der Waals surface area contributed by atoms with Gasteiger partial charge in [0, 0.05) is 12.6 Å². The molecule has 88 valence electrons. The molecule has 17 heavy (non-hydrogen) atoms. The van der Waals surface area contributed by atoms with Crippen LogP contribution in [0.5, 0.6) is 0 Å². The van der Waals surface area contributed by atoms with E-state index in [-0.39, 0.29) is 0 Å². The minimum Gasteiger partial charge on any atom is -0.255 e. The molecule has 2 atom stereocenters. The van der Waals surface area contributed by atoms with Crippen LogP contribution in [0.2, 0.25) is 0 Å². The van der Waals surface area contributed by atoms with Gasteiger partial charge in [-0.1, -0.05) is 38.1 Å². The molecule has 0 aliphatic heterocycles. The number of hydrogen-bond donors (Lipinski definition) is 0. The van der Waals surface area contributed by atoms with Crippen molar-refractivity contribution >= 4 is 0 Å². The van der Waals surface area contributed by atoms with Gasteiger partial charge in [0.15, 0.2) is 5.82 Å². The second kappa shape index (κ2) is 3.42. The van der Waals surface area contributed by atoms with Crippen molar-refractivity contribution in [1.82, 2.24) is 14.8 Å². The summed E-state index contributed by atoms with van der Waals surface area (Å²) in [5, 5.41) is 4.41. The minimum absolute atomic E-state index is 0.315. The summed E-state index contributed by atoms with van der Waals surface area (Å²) in [7, 11) is 1.90. The Kier molecular flexibility index (Phi) is 2.12. The van der Waals surface area contributed by atoms with E-state index in [1.165, 1.54) is 17.5 Å². The summed E-state index contributed by atoms with van der Waals surface area (Å²) in [6.07, 6.45) is 3.02. The molecule has 1 aromatic carbocycles. The molecule has 1 heterocycles. The zero-order valence-electron chi connectivity index (χ0n) is 10.5. The van der Waals surface area contributed by atoms with Crippen molar-refractivity contribution in [2.75, 3.05) is 0 Å². The van der Waals surface area contributed by atoms with Crippen LogP contribution in [0.1, 0.15) is 25.8 Å². The molecule has 1 aliphatic rings. The summed E-state index contributed by atoms with van der Waals surface area (Å²) in [5.74, 6) is 1.59.